The summed E-state index contributed by atoms with van der Waals surface area (Å²) in [5.41, 5.74) is 16.5. The minimum absolute atomic E-state index is 1.11. The van der Waals surface area contributed by atoms with E-state index in [-0.39, 0.29) is 0 Å². The summed E-state index contributed by atoms with van der Waals surface area (Å²) in [5, 5.41) is 7.63. The van der Waals surface area contributed by atoms with Gasteiger partial charge in [0.1, 0.15) is 0 Å². The Bertz CT molecular complexity index is 2880. The van der Waals surface area contributed by atoms with E-state index in [1.54, 1.807) is 0 Å². The van der Waals surface area contributed by atoms with Crippen molar-refractivity contribution in [1.82, 2.24) is 0 Å². The number of rotatable bonds is 8. The topological polar surface area (TPSA) is 6.48 Å². The zero-order valence-electron chi connectivity index (χ0n) is 33.4. The summed E-state index contributed by atoms with van der Waals surface area (Å²) in [6, 6.07) is 71.2. The highest BCUT2D eigenvalue weighted by atomic mass is 15.2. The van der Waals surface area contributed by atoms with Gasteiger partial charge < -0.3 is 9.80 Å². The van der Waals surface area contributed by atoms with Crippen molar-refractivity contribution in [2.75, 3.05) is 9.80 Å². The summed E-state index contributed by atoms with van der Waals surface area (Å²) in [6.45, 7) is 8.98. The summed E-state index contributed by atoms with van der Waals surface area (Å²) in [7, 11) is 0. The number of hydrogen-bond acceptors (Lipinski definition) is 2. The van der Waals surface area contributed by atoms with Gasteiger partial charge in [-0.2, -0.15) is 0 Å². The largest absolute Gasteiger partial charge is 0.310 e. The van der Waals surface area contributed by atoms with Crippen LogP contribution in [0.4, 0.5) is 34.1 Å². The van der Waals surface area contributed by atoms with Crippen LogP contribution in [0, 0.1) is 27.7 Å². The van der Waals surface area contributed by atoms with Crippen LogP contribution in [0.1, 0.15) is 22.3 Å². The van der Waals surface area contributed by atoms with E-state index in [0.29, 0.717) is 0 Å². The van der Waals surface area contributed by atoms with Gasteiger partial charge in [0.05, 0.1) is 11.4 Å². The van der Waals surface area contributed by atoms with Gasteiger partial charge in [0.25, 0.3) is 0 Å². The van der Waals surface area contributed by atoms with E-state index < -0.39 is 0 Å². The van der Waals surface area contributed by atoms with Gasteiger partial charge in [-0.15, -0.1) is 0 Å². The predicted octanol–water partition coefficient (Wildman–Crippen LogP) is 16.1. The van der Waals surface area contributed by atoms with Crippen molar-refractivity contribution in [3.8, 4) is 22.3 Å². The van der Waals surface area contributed by atoms with Gasteiger partial charge in [0.15, 0.2) is 0 Å². The Hall–Kier alpha value is -7.16. The monoisotopic (exact) mass is 744 g/mol. The van der Waals surface area contributed by atoms with Gasteiger partial charge in [-0.3, -0.25) is 0 Å². The van der Waals surface area contributed by atoms with Crippen LogP contribution in [0.25, 0.3) is 54.6 Å². The second-order valence-electron chi connectivity index (χ2n) is 15.6. The summed E-state index contributed by atoms with van der Waals surface area (Å²) >= 11 is 0. The molecule has 0 bridgehead atoms. The lowest BCUT2D eigenvalue weighted by molar-refractivity contribution is 1.24. The van der Waals surface area contributed by atoms with Crippen molar-refractivity contribution in [1.29, 1.82) is 0 Å². The van der Waals surface area contributed by atoms with Gasteiger partial charge in [-0.25, -0.2) is 0 Å². The Labute approximate surface area is 341 Å². The van der Waals surface area contributed by atoms with E-state index in [4.69, 9.17) is 0 Å². The minimum Gasteiger partial charge on any atom is -0.310 e. The van der Waals surface area contributed by atoms with Gasteiger partial charge >= 0.3 is 0 Å². The molecule has 10 rings (SSSR count). The number of para-hydroxylation sites is 2. The Balaban J connectivity index is 1.35. The van der Waals surface area contributed by atoms with Crippen LogP contribution >= 0.6 is 0 Å². The van der Waals surface area contributed by atoms with Crippen LogP contribution in [-0.2, 0) is 0 Å². The molecule has 0 fully saturated rings. The molecule has 0 atom stereocenters. The third-order valence-electron chi connectivity index (χ3n) is 11.9. The highest BCUT2D eigenvalue weighted by molar-refractivity contribution is 6.29. The molecule has 0 amide bonds. The molecule has 2 heteroatoms. The first kappa shape index (κ1) is 35.3. The molecule has 278 valence electrons. The highest BCUT2D eigenvalue weighted by Gasteiger charge is 2.26. The number of hydrogen-bond donors (Lipinski definition) is 0. The molecule has 0 radical (unpaired) electrons. The van der Waals surface area contributed by atoms with Crippen LogP contribution in [0.3, 0.4) is 0 Å². The average Bonchev–Trinajstić information content (AvgIpc) is 3.27. The van der Waals surface area contributed by atoms with Gasteiger partial charge in [-0.05, 0) is 131 Å². The zero-order chi connectivity index (χ0) is 39.3. The van der Waals surface area contributed by atoms with E-state index in [1.165, 1.54) is 76.8 Å². The molecule has 0 aliphatic rings. The number of anilines is 6. The third-order valence-corrected chi connectivity index (χ3v) is 11.9. The summed E-state index contributed by atoms with van der Waals surface area (Å²) in [6.07, 6.45) is 0. The molecule has 2 nitrogen and oxygen atoms in total. The Morgan fingerprint density at radius 2 is 0.621 bits per heavy atom. The van der Waals surface area contributed by atoms with E-state index >= 15 is 0 Å². The predicted molar refractivity (Wildman–Crippen MR) is 249 cm³/mol. The van der Waals surface area contributed by atoms with Crippen LogP contribution in [-0.4, -0.2) is 0 Å². The number of benzene rings is 10. The summed E-state index contributed by atoms with van der Waals surface area (Å²) in [4.78, 5) is 4.99. The van der Waals surface area contributed by atoms with E-state index in [9.17, 15) is 0 Å². The van der Waals surface area contributed by atoms with Crippen molar-refractivity contribution in [2.24, 2.45) is 0 Å². The normalized spacial score (nSPS) is 11.4. The minimum atomic E-state index is 1.11. The van der Waals surface area contributed by atoms with Crippen LogP contribution < -0.4 is 9.80 Å². The Morgan fingerprint density at radius 1 is 0.259 bits per heavy atom. The van der Waals surface area contributed by atoms with Gasteiger partial charge in [0.2, 0.25) is 0 Å². The summed E-state index contributed by atoms with van der Waals surface area (Å²) in [5.74, 6) is 0. The molecule has 0 aliphatic carbocycles. The smallest absolute Gasteiger partial charge is 0.0561 e. The fraction of sp³-hybridized carbons (Fsp3) is 0.0714. The van der Waals surface area contributed by atoms with Gasteiger partial charge in [0, 0.05) is 38.9 Å². The van der Waals surface area contributed by atoms with E-state index in [0.717, 1.165) is 34.1 Å². The second-order valence-corrected chi connectivity index (χ2v) is 15.6. The first-order valence-electron chi connectivity index (χ1n) is 20.2. The standard InChI is InChI=1S/C56H44N2/c1-37-25-27-43(41-17-9-5-10-18-41)34-51(37)57(45-21-13-7-14-22-45)53-36-54(50-32-30-48-40(4)33-39(3)47-29-31-49(53)56(50)55(47)48)58(46-23-15-8-16-24-46)52-35-44(28-26-38(52)2)42-19-11-6-12-20-42/h5-36H,1-4H3. The van der Waals surface area contributed by atoms with Crippen molar-refractivity contribution in [3.63, 3.8) is 0 Å². The first-order chi connectivity index (χ1) is 28.4. The Morgan fingerprint density at radius 3 is 1.03 bits per heavy atom. The van der Waals surface area contributed by atoms with Crippen LogP contribution in [0.15, 0.2) is 194 Å². The molecule has 0 saturated heterocycles. The van der Waals surface area contributed by atoms with Crippen LogP contribution in [0.5, 0.6) is 0 Å². The third kappa shape index (κ3) is 5.97. The van der Waals surface area contributed by atoms with Crippen LogP contribution in [0.2, 0.25) is 0 Å². The van der Waals surface area contributed by atoms with Crippen molar-refractivity contribution in [3.05, 3.63) is 216 Å². The molecular formula is C56H44N2. The molecule has 0 saturated carbocycles. The van der Waals surface area contributed by atoms with E-state index in [2.05, 4.69) is 232 Å². The lowest BCUT2D eigenvalue weighted by Gasteiger charge is -2.34. The maximum absolute atomic E-state index is 2.49. The lowest BCUT2D eigenvalue weighted by atomic mass is 9.88. The SMILES string of the molecule is Cc1ccc(-c2ccccc2)cc1N(c1ccccc1)c1cc(N(c2ccccc2)c2cc(-c3ccccc3)ccc2C)c2ccc3c(C)cc(C)c4ccc1c2c43. The molecular weight excluding hydrogens is 701 g/mol. The molecule has 58 heavy (non-hydrogen) atoms. The van der Waals surface area contributed by atoms with Crippen molar-refractivity contribution >= 4 is 66.4 Å². The molecule has 10 aromatic carbocycles. The fourth-order valence-corrected chi connectivity index (χ4v) is 9.01. The molecule has 0 aliphatic heterocycles. The zero-order valence-corrected chi connectivity index (χ0v) is 33.4. The van der Waals surface area contributed by atoms with Crippen molar-refractivity contribution in [2.45, 2.75) is 27.7 Å². The lowest BCUT2D eigenvalue weighted by Crippen LogP contribution is -2.16. The average molecular weight is 745 g/mol. The second kappa shape index (κ2) is 14.4. The molecule has 0 unspecified atom stereocenters. The molecule has 0 spiro atoms. The first-order valence-corrected chi connectivity index (χ1v) is 20.2. The Kier molecular flexibility index (Phi) is 8.76. The van der Waals surface area contributed by atoms with Gasteiger partial charge in [-0.1, -0.05) is 152 Å². The highest BCUT2D eigenvalue weighted by Crippen LogP contribution is 2.52. The maximum atomic E-state index is 2.49. The van der Waals surface area contributed by atoms with E-state index in [1.807, 2.05) is 0 Å². The molecule has 0 heterocycles. The molecule has 10 aromatic rings. The molecule has 0 aromatic heterocycles. The van der Waals surface area contributed by atoms with Crippen molar-refractivity contribution < 1.29 is 0 Å². The maximum Gasteiger partial charge on any atom is 0.0561 e. The fourth-order valence-electron chi connectivity index (χ4n) is 9.01. The molecule has 0 N–H and O–H groups in total. The number of aryl methyl sites for hydroxylation is 4. The quantitative estimate of drug-likeness (QED) is 0.143. The summed E-state index contributed by atoms with van der Waals surface area (Å²) < 4.78 is 0. The number of nitrogens with zero attached hydrogens (tertiary/aromatic N) is 2.